The van der Waals surface area contributed by atoms with Crippen molar-refractivity contribution in [2.75, 3.05) is 4.90 Å². The van der Waals surface area contributed by atoms with Gasteiger partial charge in [-0.1, -0.05) is 23.7 Å². The van der Waals surface area contributed by atoms with Crippen molar-refractivity contribution in [1.29, 1.82) is 0 Å². The minimum absolute atomic E-state index is 0.0501. The number of halogens is 2. The molecule has 160 valence electrons. The standard InChI is InChI=1S/C24H18ClFN4OS/c25-15-9-10-21(31)20(13-15)30-23(22(28-24(30)32)18-7-1-2-11-27-18)19-8-4-12-29(19)17-6-3-5-16(26)14-17/h1-14,22-23,31H,(H,28,32). The number of anilines is 1. The molecule has 1 aliphatic heterocycles. The highest BCUT2D eigenvalue weighted by Gasteiger charge is 2.43. The van der Waals surface area contributed by atoms with Crippen molar-refractivity contribution in [2.45, 2.75) is 12.1 Å². The molecule has 1 saturated heterocycles. The molecule has 3 heterocycles. The Morgan fingerprint density at radius 1 is 1.03 bits per heavy atom. The molecule has 1 fully saturated rings. The second-order valence-corrected chi connectivity index (χ2v) is 8.24. The predicted octanol–water partition coefficient (Wildman–Crippen LogP) is 5.55. The second-order valence-electron chi connectivity index (χ2n) is 7.41. The fourth-order valence-corrected chi connectivity index (χ4v) is 4.61. The van der Waals surface area contributed by atoms with Crippen LogP contribution in [0.25, 0.3) is 5.69 Å². The summed E-state index contributed by atoms with van der Waals surface area (Å²) < 4.78 is 15.9. The van der Waals surface area contributed by atoms with E-state index >= 15 is 0 Å². The number of pyridine rings is 1. The minimum Gasteiger partial charge on any atom is -0.506 e. The number of aromatic hydroxyl groups is 1. The van der Waals surface area contributed by atoms with Crippen molar-refractivity contribution >= 4 is 34.6 Å². The normalized spacial score (nSPS) is 18.1. The zero-order chi connectivity index (χ0) is 22.2. The summed E-state index contributed by atoms with van der Waals surface area (Å²) in [6.45, 7) is 0. The van der Waals surface area contributed by atoms with Gasteiger partial charge in [0.1, 0.15) is 17.6 Å². The number of nitrogens with one attached hydrogen (secondary N) is 1. The van der Waals surface area contributed by atoms with Crippen molar-refractivity contribution in [3.05, 3.63) is 107 Å². The Kier molecular flexibility index (Phi) is 5.28. The lowest BCUT2D eigenvalue weighted by Gasteiger charge is -2.29. The first-order chi connectivity index (χ1) is 15.5. The first kappa shape index (κ1) is 20.5. The van der Waals surface area contributed by atoms with E-state index in [0.29, 0.717) is 21.5 Å². The molecule has 0 saturated carbocycles. The summed E-state index contributed by atoms with van der Waals surface area (Å²) in [5, 5.41) is 14.9. The lowest BCUT2D eigenvalue weighted by molar-refractivity contribution is 0.472. The van der Waals surface area contributed by atoms with Gasteiger partial charge in [0.2, 0.25) is 0 Å². The number of aromatic nitrogens is 2. The van der Waals surface area contributed by atoms with Gasteiger partial charge in [-0.15, -0.1) is 0 Å². The average Bonchev–Trinajstić information content (AvgIpc) is 3.40. The van der Waals surface area contributed by atoms with E-state index in [9.17, 15) is 9.50 Å². The number of phenols is 1. The third kappa shape index (κ3) is 3.59. The topological polar surface area (TPSA) is 53.3 Å². The van der Waals surface area contributed by atoms with Crippen LogP contribution < -0.4 is 10.2 Å². The van der Waals surface area contributed by atoms with Crippen LogP contribution in [0, 0.1) is 5.82 Å². The van der Waals surface area contributed by atoms with Gasteiger partial charge in [0.15, 0.2) is 5.11 Å². The molecule has 32 heavy (non-hydrogen) atoms. The highest BCUT2D eigenvalue weighted by molar-refractivity contribution is 7.80. The van der Waals surface area contributed by atoms with E-state index in [1.807, 2.05) is 52.1 Å². The summed E-state index contributed by atoms with van der Waals surface area (Å²) in [6, 6.07) is 20.0. The zero-order valence-electron chi connectivity index (χ0n) is 16.7. The molecule has 1 aliphatic rings. The van der Waals surface area contributed by atoms with Gasteiger partial charge in [-0.2, -0.15) is 0 Å². The van der Waals surface area contributed by atoms with E-state index in [1.54, 1.807) is 24.4 Å². The van der Waals surface area contributed by atoms with Gasteiger partial charge in [0.05, 0.1) is 17.4 Å². The van der Waals surface area contributed by atoms with E-state index < -0.39 is 0 Å². The molecule has 2 atom stereocenters. The van der Waals surface area contributed by atoms with Gasteiger partial charge in [0, 0.05) is 28.8 Å². The molecule has 2 aromatic heterocycles. The van der Waals surface area contributed by atoms with Crippen LogP contribution in [0.4, 0.5) is 10.1 Å². The van der Waals surface area contributed by atoms with E-state index in [4.69, 9.17) is 23.8 Å². The molecule has 0 amide bonds. The first-order valence-corrected chi connectivity index (χ1v) is 10.7. The summed E-state index contributed by atoms with van der Waals surface area (Å²) >= 11 is 12.0. The maximum absolute atomic E-state index is 14.0. The van der Waals surface area contributed by atoms with Crippen molar-refractivity contribution in [3.63, 3.8) is 0 Å². The fraction of sp³-hybridized carbons (Fsp3) is 0.0833. The third-order valence-corrected chi connectivity index (χ3v) is 6.01. The Hall–Kier alpha value is -3.42. The van der Waals surface area contributed by atoms with Crippen LogP contribution in [-0.4, -0.2) is 19.8 Å². The molecule has 2 aromatic carbocycles. The minimum atomic E-state index is -0.389. The number of hydrogen-bond donors (Lipinski definition) is 2. The molecular weight excluding hydrogens is 447 g/mol. The van der Waals surface area contributed by atoms with Crippen molar-refractivity contribution < 1.29 is 9.50 Å². The van der Waals surface area contributed by atoms with Crippen molar-refractivity contribution in [3.8, 4) is 11.4 Å². The summed E-state index contributed by atoms with van der Waals surface area (Å²) in [6.07, 6.45) is 3.60. The SMILES string of the molecule is Oc1ccc(Cl)cc1N1C(=S)NC(c2ccccn2)C1c1cccn1-c1cccc(F)c1. The molecule has 0 aliphatic carbocycles. The van der Waals surface area contributed by atoms with Gasteiger partial charge in [-0.3, -0.25) is 4.98 Å². The largest absolute Gasteiger partial charge is 0.506 e. The maximum atomic E-state index is 14.0. The summed E-state index contributed by atoms with van der Waals surface area (Å²) in [5.41, 5.74) is 2.79. The number of nitrogens with zero attached hydrogens (tertiary/aromatic N) is 3. The van der Waals surface area contributed by atoms with E-state index in [2.05, 4.69) is 10.3 Å². The number of benzene rings is 2. The lowest BCUT2D eigenvalue weighted by Crippen LogP contribution is -2.30. The molecule has 2 unspecified atom stereocenters. The molecule has 0 bridgehead atoms. The van der Waals surface area contributed by atoms with Gasteiger partial charge in [-0.25, -0.2) is 4.39 Å². The van der Waals surface area contributed by atoms with Crippen LogP contribution in [0.3, 0.4) is 0 Å². The molecule has 2 N–H and O–H groups in total. The van der Waals surface area contributed by atoms with Crippen LogP contribution >= 0.6 is 23.8 Å². The second kappa shape index (κ2) is 8.26. The molecule has 8 heteroatoms. The first-order valence-electron chi connectivity index (χ1n) is 9.95. The van der Waals surface area contributed by atoms with Gasteiger partial charge in [-0.05, 0) is 72.9 Å². The van der Waals surface area contributed by atoms with Gasteiger partial charge in [0.25, 0.3) is 0 Å². The number of hydrogen-bond acceptors (Lipinski definition) is 3. The molecule has 5 nitrogen and oxygen atoms in total. The number of rotatable bonds is 4. The average molecular weight is 465 g/mol. The monoisotopic (exact) mass is 464 g/mol. The molecule has 0 radical (unpaired) electrons. The smallest absolute Gasteiger partial charge is 0.174 e. The fourth-order valence-electron chi connectivity index (χ4n) is 4.10. The molecule has 5 rings (SSSR count). The summed E-state index contributed by atoms with van der Waals surface area (Å²) in [4.78, 5) is 6.37. The Morgan fingerprint density at radius 2 is 1.91 bits per heavy atom. The van der Waals surface area contributed by atoms with Crippen LogP contribution in [0.5, 0.6) is 5.75 Å². The van der Waals surface area contributed by atoms with Crippen LogP contribution in [-0.2, 0) is 0 Å². The van der Waals surface area contributed by atoms with Gasteiger partial charge >= 0.3 is 0 Å². The Bertz CT molecular complexity index is 1300. The van der Waals surface area contributed by atoms with Crippen molar-refractivity contribution in [1.82, 2.24) is 14.9 Å². The van der Waals surface area contributed by atoms with Crippen LogP contribution in [0.15, 0.2) is 85.2 Å². The highest BCUT2D eigenvalue weighted by Crippen LogP contribution is 2.45. The quantitative estimate of drug-likeness (QED) is 0.388. The van der Waals surface area contributed by atoms with E-state index in [-0.39, 0.29) is 23.7 Å². The third-order valence-electron chi connectivity index (χ3n) is 5.46. The molecule has 4 aromatic rings. The molecule has 0 spiro atoms. The van der Waals surface area contributed by atoms with Gasteiger partial charge < -0.3 is 19.9 Å². The number of phenolic OH excluding ortho intramolecular Hbond substituents is 1. The number of thiocarbonyl (C=S) groups is 1. The summed E-state index contributed by atoms with van der Waals surface area (Å²) in [7, 11) is 0. The van der Waals surface area contributed by atoms with E-state index in [0.717, 1.165) is 11.4 Å². The Labute approximate surface area is 194 Å². The maximum Gasteiger partial charge on any atom is 0.174 e. The Morgan fingerprint density at radius 3 is 2.69 bits per heavy atom. The zero-order valence-corrected chi connectivity index (χ0v) is 18.3. The molecular formula is C24H18ClFN4OS. The lowest BCUT2D eigenvalue weighted by atomic mass is 10.0. The summed E-state index contributed by atoms with van der Waals surface area (Å²) in [5.74, 6) is -0.276. The van der Waals surface area contributed by atoms with E-state index in [1.165, 1.54) is 18.2 Å². The van der Waals surface area contributed by atoms with Crippen LogP contribution in [0.1, 0.15) is 23.5 Å². The predicted molar refractivity (Wildman–Crippen MR) is 127 cm³/mol. The highest BCUT2D eigenvalue weighted by atomic mass is 35.5. The van der Waals surface area contributed by atoms with Crippen LogP contribution in [0.2, 0.25) is 5.02 Å². The van der Waals surface area contributed by atoms with Crippen molar-refractivity contribution in [2.24, 2.45) is 0 Å². The Balaban J connectivity index is 1.70.